The zero-order valence-corrected chi connectivity index (χ0v) is 17.4. The lowest BCUT2D eigenvalue weighted by Gasteiger charge is -2.37. The Hall–Kier alpha value is -1.43. The van der Waals surface area contributed by atoms with Crippen molar-refractivity contribution in [2.45, 2.75) is 49.2 Å². The molecule has 3 rings (SSSR count). The highest BCUT2D eigenvalue weighted by atomic mass is 32.2. The fourth-order valence-electron chi connectivity index (χ4n) is 3.16. The Labute approximate surface area is 166 Å². The predicted molar refractivity (Wildman–Crippen MR) is 99.5 cm³/mol. The Morgan fingerprint density at radius 1 is 1.29 bits per heavy atom. The maximum atomic E-state index is 12.9. The van der Waals surface area contributed by atoms with Gasteiger partial charge in [0.2, 0.25) is 5.76 Å². The standard InChI is InChI=1S/C17H22F3N3O3S2/c1-11(2)22(3)12-6-8-23(9-7-12)28(24,25)16-5-4-14(27-16)13-10-15(26-21-13)17(18,19)20/h4-5,10-12H,6-9H2,1-3H3. The molecule has 1 saturated heterocycles. The summed E-state index contributed by atoms with van der Waals surface area (Å²) in [4.78, 5) is 2.56. The van der Waals surface area contributed by atoms with Gasteiger partial charge < -0.3 is 9.42 Å². The molecule has 1 fully saturated rings. The number of aromatic nitrogens is 1. The van der Waals surface area contributed by atoms with Crippen LogP contribution in [0, 0.1) is 0 Å². The Bertz CT molecular complexity index is 913. The Morgan fingerprint density at radius 3 is 2.46 bits per heavy atom. The predicted octanol–water partition coefficient (Wildman–Crippen LogP) is 3.92. The van der Waals surface area contributed by atoms with Crippen LogP contribution < -0.4 is 0 Å². The molecule has 0 aromatic carbocycles. The topological polar surface area (TPSA) is 66.7 Å². The molecule has 0 amide bonds. The average Bonchev–Trinajstić information content (AvgIpc) is 3.30. The highest BCUT2D eigenvalue weighted by Crippen LogP contribution is 2.36. The van der Waals surface area contributed by atoms with Crippen LogP contribution >= 0.6 is 11.3 Å². The van der Waals surface area contributed by atoms with E-state index in [9.17, 15) is 21.6 Å². The van der Waals surface area contributed by atoms with Gasteiger partial charge >= 0.3 is 6.18 Å². The maximum Gasteiger partial charge on any atom is 0.452 e. The van der Waals surface area contributed by atoms with Gasteiger partial charge in [0.1, 0.15) is 9.90 Å². The van der Waals surface area contributed by atoms with E-state index in [1.807, 2.05) is 7.05 Å². The minimum absolute atomic E-state index is 0.0314. The highest BCUT2D eigenvalue weighted by Gasteiger charge is 2.37. The number of halogens is 3. The normalized spacial score (nSPS) is 17.7. The van der Waals surface area contributed by atoms with E-state index in [4.69, 9.17) is 0 Å². The monoisotopic (exact) mass is 437 g/mol. The molecule has 1 aliphatic rings. The van der Waals surface area contributed by atoms with Crippen LogP contribution in [0.2, 0.25) is 0 Å². The minimum Gasteiger partial charge on any atom is -0.351 e. The van der Waals surface area contributed by atoms with Crippen LogP contribution in [0.1, 0.15) is 32.4 Å². The molecule has 0 bridgehead atoms. The van der Waals surface area contributed by atoms with Crippen molar-refractivity contribution in [2.24, 2.45) is 0 Å². The lowest BCUT2D eigenvalue weighted by molar-refractivity contribution is -0.155. The van der Waals surface area contributed by atoms with Gasteiger partial charge in [-0.2, -0.15) is 17.5 Å². The van der Waals surface area contributed by atoms with Crippen molar-refractivity contribution in [3.8, 4) is 10.6 Å². The van der Waals surface area contributed by atoms with Crippen LogP contribution in [0.4, 0.5) is 13.2 Å². The summed E-state index contributed by atoms with van der Waals surface area (Å²) in [5.41, 5.74) is -0.0314. The molecule has 0 aliphatic carbocycles. The summed E-state index contributed by atoms with van der Waals surface area (Å²) < 4.78 is 69.6. The molecule has 0 N–H and O–H groups in total. The second-order valence-electron chi connectivity index (χ2n) is 7.09. The third-order valence-corrected chi connectivity index (χ3v) is 8.51. The SMILES string of the molecule is CC(C)N(C)C1CCN(S(=O)(=O)c2ccc(-c3cc(C(F)(F)F)on3)s2)CC1. The summed E-state index contributed by atoms with van der Waals surface area (Å²) in [6.07, 6.45) is -3.15. The van der Waals surface area contributed by atoms with Gasteiger partial charge in [-0.15, -0.1) is 11.3 Å². The molecule has 156 valence electrons. The van der Waals surface area contributed by atoms with Crippen LogP contribution in [0.3, 0.4) is 0 Å². The summed E-state index contributed by atoms with van der Waals surface area (Å²) in [6.45, 7) is 5.04. The van der Waals surface area contributed by atoms with Gasteiger partial charge in [-0.05, 0) is 45.9 Å². The molecular formula is C17H22F3N3O3S2. The Balaban J connectivity index is 1.73. The molecule has 6 nitrogen and oxygen atoms in total. The van der Waals surface area contributed by atoms with E-state index in [0.29, 0.717) is 30.1 Å². The molecule has 11 heteroatoms. The van der Waals surface area contributed by atoms with Crippen LogP contribution in [-0.4, -0.2) is 55.0 Å². The summed E-state index contributed by atoms with van der Waals surface area (Å²) in [6, 6.07) is 4.35. The smallest absolute Gasteiger partial charge is 0.351 e. The molecule has 0 spiro atoms. The number of alkyl halides is 3. The largest absolute Gasteiger partial charge is 0.452 e. The Kier molecular flexibility index (Phi) is 5.91. The minimum atomic E-state index is -4.63. The number of hydrogen-bond donors (Lipinski definition) is 0. The second kappa shape index (κ2) is 7.77. The van der Waals surface area contributed by atoms with Crippen molar-refractivity contribution in [3.05, 3.63) is 24.0 Å². The number of thiophene rings is 1. The molecule has 1 aliphatic heterocycles. The van der Waals surface area contributed by atoms with Crippen LogP contribution in [0.5, 0.6) is 0 Å². The van der Waals surface area contributed by atoms with Crippen molar-refractivity contribution < 1.29 is 26.1 Å². The first kappa shape index (κ1) is 21.3. The second-order valence-corrected chi connectivity index (χ2v) is 10.3. The van der Waals surface area contributed by atoms with Gasteiger partial charge in [0.15, 0.2) is 0 Å². The van der Waals surface area contributed by atoms with E-state index in [1.54, 1.807) is 0 Å². The molecule has 0 atom stereocenters. The molecule has 2 aromatic rings. The van der Waals surface area contributed by atoms with Crippen molar-refractivity contribution >= 4 is 21.4 Å². The molecule has 0 radical (unpaired) electrons. The summed E-state index contributed by atoms with van der Waals surface area (Å²) >= 11 is 0.893. The van der Waals surface area contributed by atoms with Crippen molar-refractivity contribution in [1.82, 2.24) is 14.4 Å². The summed E-state index contributed by atoms with van der Waals surface area (Å²) in [7, 11) is -1.65. The number of nitrogens with zero attached hydrogens (tertiary/aromatic N) is 3. The van der Waals surface area contributed by atoms with Gasteiger partial charge in [0.05, 0.1) is 4.88 Å². The van der Waals surface area contributed by atoms with Crippen molar-refractivity contribution in [2.75, 3.05) is 20.1 Å². The third kappa shape index (κ3) is 4.27. The van der Waals surface area contributed by atoms with E-state index in [0.717, 1.165) is 30.2 Å². The van der Waals surface area contributed by atoms with Crippen LogP contribution in [-0.2, 0) is 16.2 Å². The van der Waals surface area contributed by atoms with Crippen LogP contribution in [0.15, 0.2) is 26.9 Å². The van der Waals surface area contributed by atoms with E-state index < -0.39 is 22.0 Å². The van der Waals surface area contributed by atoms with Crippen molar-refractivity contribution in [3.63, 3.8) is 0 Å². The first-order valence-corrected chi connectivity index (χ1v) is 11.1. The first-order valence-electron chi connectivity index (χ1n) is 8.86. The molecule has 0 unspecified atom stereocenters. The highest BCUT2D eigenvalue weighted by molar-refractivity contribution is 7.91. The lowest BCUT2D eigenvalue weighted by atomic mass is 10.0. The van der Waals surface area contributed by atoms with Gasteiger partial charge in [0.25, 0.3) is 10.0 Å². The van der Waals surface area contributed by atoms with E-state index >= 15 is 0 Å². The molecule has 28 heavy (non-hydrogen) atoms. The van der Waals surface area contributed by atoms with Gasteiger partial charge in [-0.1, -0.05) is 5.16 Å². The Morgan fingerprint density at radius 2 is 1.93 bits per heavy atom. The number of sulfonamides is 1. The third-order valence-electron chi connectivity index (χ3n) is 5.03. The maximum absolute atomic E-state index is 12.9. The van der Waals surface area contributed by atoms with E-state index in [1.165, 1.54) is 16.4 Å². The molecule has 3 heterocycles. The molecule has 2 aromatic heterocycles. The van der Waals surface area contributed by atoms with Gasteiger partial charge in [-0.25, -0.2) is 8.42 Å². The summed E-state index contributed by atoms with van der Waals surface area (Å²) in [5, 5.41) is 3.41. The van der Waals surface area contributed by atoms with Gasteiger partial charge in [0, 0.05) is 31.2 Å². The molecule has 0 saturated carbocycles. The quantitative estimate of drug-likeness (QED) is 0.710. The van der Waals surface area contributed by atoms with Gasteiger partial charge in [-0.3, -0.25) is 0 Å². The van der Waals surface area contributed by atoms with Crippen molar-refractivity contribution in [1.29, 1.82) is 0 Å². The summed E-state index contributed by atoms with van der Waals surface area (Å²) in [5.74, 6) is -1.21. The fourth-order valence-corrected chi connectivity index (χ4v) is 6.04. The van der Waals surface area contributed by atoms with E-state index in [-0.39, 0.29) is 9.90 Å². The zero-order valence-electron chi connectivity index (χ0n) is 15.7. The first-order chi connectivity index (χ1) is 13.0. The number of piperidine rings is 1. The fraction of sp³-hybridized carbons (Fsp3) is 0.588. The van der Waals surface area contributed by atoms with Crippen LogP contribution in [0.25, 0.3) is 10.6 Å². The molecular weight excluding hydrogens is 415 g/mol. The number of hydrogen-bond acceptors (Lipinski definition) is 6. The zero-order chi connectivity index (χ0) is 20.7. The average molecular weight is 438 g/mol. The number of rotatable bonds is 5. The van der Waals surface area contributed by atoms with E-state index in [2.05, 4.69) is 28.4 Å². The lowest BCUT2D eigenvalue weighted by Crippen LogP contribution is -2.47.